The monoisotopic (exact) mass is 422 g/mol. The number of amides is 2. The zero-order valence-corrected chi connectivity index (χ0v) is 17.1. The van der Waals surface area contributed by atoms with Gasteiger partial charge < -0.3 is 9.47 Å². The standard InChI is InChI=1S/C22H18N2O5S/c1-13(24-20(25)17-5-3-4-6-18(17)21(24)26)22(27)29-11-15-12-30-19(23-15)14-7-9-16(28-2)10-8-14/h3-10,12-13H,11H2,1-2H3. The molecule has 2 amide bonds. The van der Waals surface area contributed by atoms with Gasteiger partial charge in [0.15, 0.2) is 0 Å². The van der Waals surface area contributed by atoms with E-state index in [1.165, 1.54) is 18.3 Å². The highest BCUT2D eigenvalue weighted by molar-refractivity contribution is 7.13. The number of esters is 1. The minimum absolute atomic E-state index is 0.0427. The highest BCUT2D eigenvalue weighted by Crippen LogP contribution is 2.27. The first-order chi connectivity index (χ1) is 14.5. The van der Waals surface area contributed by atoms with Crippen LogP contribution in [0.3, 0.4) is 0 Å². The van der Waals surface area contributed by atoms with Crippen molar-refractivity contribution in [1.29, 1.82) is 0 Å². The summed E-state index contributed by atoms with van der Waals surface area (Å²) >= 11 is 1.43. The van der Waals surface area contributed by atoms with Gasteiger partial charge >= 0.3 is 5.97 Å². The molecule has 0 bridgehead atoms. The van der Waals surface area contributed by atoms with Crippen molar-refractivity contribution in [3.05, 3.63) is 70.7 Å². The normalized spacial score (nSPS) is 13.9. The molecule has 4 rings (SSSR count). The van der Waals surface area contributed by atoms with E-state index in [1.807, 2.05) is 24.3 Å². The lowest BCUT2D eigenvalue weighted by atomic mass is 10.1. The Kier molecular flexibility index (Phi) is 5.33. The number of hydrogen-bond acceptors (Lipinski definition) is 7. The number of nitrogens with zero attached hydrogens (tertiary/aromatic N) is 2. The number of ether oxygens (including phenoxy) is 2. The van der Waals surface area contributed by atoms with Gasteiger partial charge in [0.05, 0.1) is 23.9 Å². The molecule has 0 saturated carbocycles. The average molecular weight is 422 g/mol. The van der Waals surface area contributed by atoms with E-state index in [0.717, 1.165) is 21.2 Å². The van der Waals surface area contributed by atoms with Gasteiger partial charge in [-0.15, -0.1) is 11.3 Å². The largest absolute Gasteiger partial charge is 0.497 e. The lowest BCUT2D eigenvalue weighted by Gasteiger charge is -2.20. The second-order valence-corrected chi connectivity index (χ2v) is 7.54. The third-order valence-electron chi connectivity index (χ3n) is 4.80. The Morgan fingerprint density at radius 1 is 1.07 bits per heavy atom. The number of rotatable bonds is 6. The van der Waals surface area contributed by atoms with E-state index < -0.39 is 23.8 Å². The third-order valence-corrected chi connectivity index (χ3v) is 5.75. The van der Waals surface area contributed by atoms with Crippen molar-refractivity contribution >= 4 is 29.1 Å². The van der Waals surface area contributed by atoms with Crippen LogP contribution in [0.1, 0.15) is 33.3 Å². The van der Waals surface area contributed by atoms with E-state index in [4.69, 9.17) is 9.47 Å². The maximum atomic E-state index is 12.5. The lowest BCUT2D eigenvalue weighted by Crippen LogP contribution is -2.43. The Labute approximate surface area is 176 Å². The van der Waals surface area contributed by atoms with Crippen LogP contribution in [0.2, 0.25) is 0 Å². The Balaban J connectivity index is 1.40. The predicted molar refractivity (Wildman–Crippen MR) is 110 cm³/mol. The van der Waals surface area contributed by atoms with Gasteiger partial charge in [-0.3, -0.25) is 14.5 Å². The van der Waals surface area contributed by atoms with Gasteiger partial charge in [-0.1, -0.05) is 12.1 Å². The summed E-state index contributed by atoms with van der Waals surface area (Å²) in [5.41, 5.74) is 2.11. The van der Waals surface area contributed by atoms with Crippen LogP contribution in [0.4, 0.5) is 0 Å². The van der Waals surface area contributed by atoms with Crippen molar-refractivity contribution in [3.63, 3.8) is 0 Å². The summed E-state index contributed by atoms with van der Waals surface area (Å²) in [4.78, 5) is 42.9. The number of benzene rings is 2. The molecular formula is C22H18N2O5S. The molecule has 0 N–H and O–H groups in total. The minimum Gasteiger partial charge on any atom is -0.497 e. The first kappa shape index (κ1) is 19.8. The van der Waals surface area contributed by atoms with Crippen molar-refractivity contribution in [3.8, 4) is 16.3 Å². The highest BCUT2D eigenvalue weighted by atomic mass is 32.1. The summed E-state index contributed by atoms with van der Waals surface area (Å²) in [6.07, 6.45) is 0. The van der Waals surface area contributed by atoms with E-state index >= 15 is 0 Å². The van der Waals surface area contributed by atoms with Gasteiger partial charge in [0.1, 0.15) is 23.4 Å². The van der Waals surface area contributed by atoms with Crippen LogP contribution in [-0.2, 0) is 16.1 Å². The zero-order chi connectivity index (χ0) is 21.3. The molecule has 152 valence electrons. The number of aromatic nitrogens is 1. The summed E-state index contributed by atoms with van der Waals surface area (Å²) in [5, 5.41) is 2.59. The molecule has 1 unspecified atom stereocenters. The molecule has 0 spiro atoms. The quantitative estimate of drug-likeness (QED) is 0.446. The van der Waals surface area contributed by atoms with Crippen molar-refractivity contribution in [2.75, 3.05) is 7.11 Å². The first-order valence-corrected chi connectivity index (χ1v) is 10.1. The fraction of sp³-hybridized carbons (Fsp3) is 0.182. The molecule has 7 nitrogen and oxygen atoms in total. The van der Waals surface area contributed by atoms with E-state index in [2.05, 4.69) is 4.98 Å². The van der Waals surface area contributed by atoms with E-state index in [1.54, 1.807) is 36.8 Å². The highest BCUT2D eigenvalue weighted by Gasteiger charge is 2.41. The summed E-state index contributed by atoms with van der Waals surface area (Å²) in [6, 6.07) is 13.0. The van der Waals surface area contributed by atoms with Crippen LogP contribution in [0, 0.1) is 0 Å². The predicted octanol–water partition coefficient (Wildman–Crippen LogP) is 3.55. The number of hydrogen-bond donors (Lipinski definition) is 0. The van der Waals surface area contributed by atoms with Gasteiger partial charge in [0, 0.05) is 10.9 Å². The van der Waals surface area contributed by atoms with E-state index in [0.29, 0.717) is 16.8 Å². The average Bonchev–Trinajstić information content (AvgIpc) is 3.35. The Morgan fingerprint density at radius 2 is 1.70 bits per heavy atom. The van der Waals surface area contributed by atoms with Gasteiger partial charge in [-0.2, -0.15) is 0 Å². The van der Waals surface area contributed by atoms with E-state index in [9.17, 15) is 14.4 Å². The Hall–Kier alpha value is -3.52. The van der Waals surface area contributed by atoms with Crippen LogP contribution in [0.15, 0.2) is 53.9 Å². The molecule has 1 aliphatic heterocycles. The fourth-order valence-corrected chi connectivity index (χ4v) is 3.98. The Morgan fingerprint density at radius 3 is 2.30 bits per heavy atom. The van der Waals surface area contributed by atoms with Crippen molar-refractivity contribution in [1.82, 2.24) is 9.88 Å². The van der Waals surface area contributed by atoms with Crippen LogP contribution in [-0.4, -0.2) is 40.8 Å². The third kappa shape index (κ3) is 3.57. The van der Waals surface area contributed by atoms with Gasteiger partial charge in [0.25, 0.3) is 11.8 Å². The molecule has 3 aromatic rings. The van der Waals surface area contributed by atoms with Crippen LogP contribution in [0.25, 0.3) is 10.6 Å². The minimum atomic E-state index is -1.03. The maximum absolute atomic E-state index is 12.5. The molecular weight excluding hydrogens is 404 g/mol. The number of thiazole rings is 1. The summed E-state index contributed by atoms with van der Waals surface area (Å²) in [6.45, 7) is 1.44. The summed E-state index contributed by atoms with van der Waals surface area (Å²) in [5.74, 6) is -0.888. The lowest BCUT2D eigenvalue weighted by molar-refractivity contribution is -0.149. The van der Waals surface area contributed by atoms with Crippen LogP contribution < -0.4 is 4.74 Å². The number of carbonyl (C=O) groups excluding carboxylic acids is 3. The van der Waals surface area contributed by atoms with Crippen molar-refractivity contribution in [2.24, 2.45) is 0 Å². The molecule has 0 radical (unpaired) electrons. The molecule has 0 fully saturated rings. The van der Waals surface area contributed by atoms with Gasteiger partial charge in [-0.05, 0) is 43.3 Å². The molecule has 1 aliphatic rings. The van der Waals surface area contributed by atoms with Crippen molar-refractivity contribution < 1.29 is 23.9 Å². The SMILES string of the molecule is COc1ccc(-c2nc(COC(=O)C(C)N3C(=O)c4ccccc4C3=O)cs2)cc1. The van der Waals surface area contributed by atoms with Crippen LogP contribution >= 0.6 is 11.3 Å². The number of fused-ring (bicyclic) bond motifs is 1. The maximum Gasteiger partial charge on any atom is 0.329 e. The fourth-order valence-electron chi connectivity index (χ4n) is 3.17. The van der Waals surface area contributed by atoms with Crippen LogP contribution in [0.5, 0.6) is 5.75 Å². The van der Waals surface area contributed by atoms with E-state index in [-0.39, 0.29) is 6.61 Å². The molecule has 1 aromatic heterocycles. The first-order valence-electron chi connectivity index (χ1n) is 9.22. The smallest absolute Gasteiger partial charge is 0.329 e. The molecule has 1 atom stereocenters. The number of carbonyl (C=O) groups is 3. The molecule has 30 heavy (non-hydrogen) atoms. The number of imide groups is 1. The molecule has 8 heteroatoms. The zero-order valence-electron chi connectivity index (χ0n) is 16.3. The summed E-state index contributed by atoms with van der Waals surface area (Å²) in [7, 11) is 1.60. The second kappa shape index (κ2) is 8.08. The molecule has 0 aliphatic carbocycles. The molecule has 2 heterocycles. The van der Waals surface area contributed by atoms with Gasteiger partial charge in [-0.25, -0.2) is 9.78 Å². The number of methoxy groups -OCH3 is 1. The molecule has 2 aromatic carbocycles. The second-order valence-electron chi connectivity index (χ2n) is 6.68. The molecule has 0 saturated heterocycles. The Bertz CT molecular complexity index is 1090. The topological polar surface area (TPSA) is 85.8 Å². The van der Waals surface area contributed by atoms with Gasteiger partial charge in [0.2, 0.25) is 0 Å². The summed E-state index contributed by atoms with van der Waals surface area (Å²) < 4.78 is 10.5. The van der Waals surface area contributed by atoms with Crippen molar-refractivity contribution in [2.45, 2.75) is 19.6 Å².